The van der Waals surface area contributed by atoms with E-state index in [2.05, 4.69) is 15.3 Å². The summed E-state index contributed by atoms with van der Waals surface area (Å²) in [5.41, 5.74) is 2.60. The number of fused-ring (bicyclic) bond motifs is 1. The van der Waals surface area contributed by atoms with Crippen LogP contribution in [-0.4, -0.2) is 24.1 Å². The van der Waals surface area contributed by atoms with Crippen molar-refractivity contribution in [2.45, 2.75) is 6.92 Å². The van der Waals surface area contributed by atoms with E-state index >= 15 is 0 Å². The number of para-hydroxylation sites is 1. The van der Waals surface area contributed by atoms with E-state index in [-0.39, 0.29) is 0 Å². The molecular weight excluding hydrogens is 254 g/mol. The monoisotopic (exact) mass is 269 g/mol. The summed E-state index contributed by atoms with van der Waals surface area (Å²) >= 11 is 0. The zero-order valence-electron chi connectivity index (χ0n) is 11.6. The van der Waals surface area contributed by atoms with Crippen LogP contribution in [0.5, 0.6) is 5.75 Å². The standard InChI is InChI=1S/C15H15N3O2/c1-9-5-4-6-10-7-11(20-13(9)10)12-14(19-3)15(16-2)18-8-17-12/h4-8H,1-3H3,(H,16,17,18). The van der Waals surface area contributed by atoms with Gasteiger partial charge in [-0.25, -0.2) is 9.97 Å². The first-order valence-electron chi connectivity index (χ1n) is 6.31. The highest BCUT2D eigenvalue weighted by atomic mass is 16.5. The summed E-state index contributed by atoms with van der Waals surface area (Å²) in [7, 11) is 3.38. The van der Waals surface area contributed by atoms with Gasteiger partial charge >= 0.3 is 0 Å². The van der Waals surface area contributed by atoms with Gasteiger partial charge in [-0.05, 0) is 18.6 Å². The number of nitrogens with zero attached hydrogens (tertiary/aromatic N) is 2. The second-order valence-electron chi connectivity index (χ2n) is 4.46. The van der Waals surface area contributed by atoms with Crippen LogP contribution in [0.4, 0.5) is 5.82 Å². The van der Waals surface area contributed by atoms with Crippen molar-refractivity contribution in [1.29, 1.82) is 0 Å². The van der Waals surface area contributed by atoms with Gasteiger partial charge in [-0.1, -0.05) is 18.2 Å². The van der Waals surface area contributed by atoms with E-state index in [1.807, 2.05) is 31.2 Å². The molecule has 0 aliphatic heterocycles. The van der Waals surface area contributed by atoms with Gasteiger partial charge in [0.15, 0.2) is 23.0 Å². The minimum absolute atomic E-state index is 0.576. The Morgan fingerprint density at radius 2 is 2.10 bits per heavy atom. The number of aryl methyl sites for hydroxylation is 1. The first kappa shape index (κ1) is 12.5. The molecule has 3 rings (SSSR count). The van der Waals surface area contributed by atoms with Crippen LogP contribution < -0.4 is 10.1 Å². The zero-order valence-corrected chi connectivity index (χ0v) is 11.6. The van der Waals surface area contributed by atoms with E-state index in [1.54, 1.807) is 14.2 Å². The maximum absolute atomic E-state index is 5.93. The largest absolute Gasteiger partial charge is 0.491 e. The van der Waals surface area contributed by atoms with Gasteiger partial charge in [0.1, 0.15) is 11.9 Å². The van der Waals surface area contributed by atoms with E-state index in [4.69, 9.17) is 9.15 Å². The van der Waals surface area contributed by atoms with Crippen LogP contribution in [0.2, 0.25) is 0 Å². The molecular formula is C15H15N3O2. The van der Waals surface area contributed by atoms with Gasteiger partial charge in [-0.15, -0.1) is 0 Å². The third-order valence-electron chi connectivity index (χ3n) is 3.22. The first-order chi connectivity index (χ1) is 9.74. The third kappa shape index (κ3) is 1.87. The van der Waals surface area contributed by atoms with Crippen molar-refractivity contribution in [2.75, 3.05) is 19.5 Å². The van der Waals surface area contributed by atoms with Crippen molar-refractivity contribution >= 4 is 16.8 Å². The minimum atomic E-state index is 0.576. The van der Waals surface area contributed by atoms with E-state index in [9.17, 15) is 0 Å². The van der Waals surface area contributed by atoms with E-state index in [0.717, 1.165) is 16.5 Å². The molecule has 5 nitrogen and oxygen atoms in total. The van der Waals surface area contributed by atoms with E-state index in [0.29, 0.717) is 23.0 Å². The smallest absolute Gasteiger partial charge is 0.190 e. The molecule has 0 saturated carbocycles. The average molecular weight is 269 g/mol. The molecule has 0 radical (unpaired) electrons. The number of aromatic nitrogens is 2. The first-order valence-corrected chi connectivity index (χ1v) is 6.31. The summed E-state index contributed by atoms with van der Waals surface area (Å²) in [6.45, 7) is 2.02. The fourth-order valence-electron chi connectivity index (χ4n) is 2.25. The van der Waals surface area contributed by atoms with Gasteiger partial charge in [0, 0.05) is 12.4 Å². The molecule has 0 unspecified atom stereocenters. The Bertz CT molecular complexity index is 765. The topological polar surface area (TPSA) is 60.2 Å². The second-order valence-corrected chi connectivity index (χ2v) is 4.46. The number of methoxy groups -OCH3 is 1. The molecule has 20 heavy (non-hydrogen) atoms. The van der Waals surface area contributed by atoms with Gasteiger partial charge in [-0.2, -0.15) is 0 Å². The van der Waals surface area contributed by atoms with Crippen molar-refractivity contribution in [3.8, 4) is 17.2 Å². The van der Waals surface area contributed by atoms with E-state index in [1.165, 1.54) is 6.33 Å². The molecule has 0 fully saturated rings. The Labute approximate surface area is 116 Å². The minimum Gasteiger partial charge on any atom is -0.491 e. The Kier molecular flexibility index (Phi) is 3.02. The molecule has 2 heterocycles. The van der Waals surface area contributed by atoms with Crippen molar-refractivity contribution in [1.82, 2.24) is 9.97 Å². The van der Waals surface area contributed by atoms with Crippen molar-refractivity contribution in [2.24, 2.45) is 0 Å². The summed E-state index contributed by atoms with van der Waals surface area (Å²) in [5, 5.41) is 4.03. The van der Waals surface area contributed by atoms with Crippen LogP contribution >= 0.6 is 0 Å². The highest BCUT2D eigenvalue weighted by molar-refractivity contribution is 5.86. The Balaban J connectivity index is 2.23. The predicted octanol–water partition coefficient (Wildman–Crippen LogP) is 3.25. The number of ether oxygens (including phenoxy) is 1. The summed E-state index contributed by atoms with van der Waals surface area (Å²) < 4.78 is 11.3. The lowest BCUT2D eigenvalue weighted by molar-refractivity contribution is 0.413. The van der Waals surface area contributed by atoms with Crippen molar-refractivity contribution in [3.05, 3.63) is 36.2 Å². The summed E-state index contributed by atoms with van der Waals surface area (Å²) in [4.78, 5) is 8.42. The molecule has 0 bridgehead atoms. The van der Waals surface area contributed by atoms with E-state index < -0.39 is 0 Å². The van der Waals surface area contributed by atoms with Crippen LogP contribution in [0.1, 0.15) is 5.56 Å². The number of benzene rings is 1. The molecule has 0 amide bonds. The summed E-state index contributed by atoms with van der Waals surface area (Å²) in [6.07, 6.45) is 1.49. The summed E-state index contributed by atoms with van der Waals surface area (Å²) in [5.74, 6) is 1.88. The second kappa shape index (κ2) is 4.85. The molecule has 0 aliphatic carbocycles. The lowest BCUT2D eigenvalue weighted by Gasteiger charge is -2.09. The van der Waals surface area contributed by atoms with Crippen LogP contribution in [0, 0.1) is 6.92 Å². The van der Waals surface area contributed by atoms with Crippen LogP contribution in [-0.2, 0) is 0 Å². The average Bonchev–Trinajstić information content (AvgIpc) is 2.91. The molecule has 1 N–H and O–H groups in total. The predicted molar refractivity (Wildman–Crippen MR) is 78.1 cm³/mol. The molecule has 1 aromatic carbocycles. The Hall–Kier alpha value is -2.56. The fourth-order valence-corrected chi connectivity index (χ4v) is 2.25. The number of nitrogens with one attached hydrogen (secondary N) is 1. The molecule has 0 spiro atoms. The molecule has 0 saturated heterocycles. The lowest BCUT2D eigenvalue weighted by Crippen LogP contribution is -2.00. The number of anilines is 1. The molecule has 2 aromatic heterocycles. The van der Waals surface area contributed by atoms with Crippen LogP contribution in [0.25, 0.3) is 22.4 Å². The third-order valence-corrected chi connectivity index (χ3v) is 3.22. The van der Waals surface area contributed by atoms with Gasteiger partial charge in [0.2, 0.25) is 0 Å². The maximum Gasteiger partial charge on any atom is 0.190 e. The van der Waals surface area contributed by atoms with Gasteiger partial charge in [0.25, 0.3) is 0 Å². The fraction of sp³-hybridized carbons (Fsp3) is 0.200. The highest BCUT2D eigenvalue weighted by Gasteiger charge is 2.17. The molecule has 3 aromatic rings. The highest BCUT2D eigenvalue weighted by Crippen LogP contribution is 2.36. The quantitative estimate of drug-likeness (QED) is 0.791. The lowest BCUT2D eigenvalue weighted by atomic mass is 10.2. The van der Waals surface area contributed by atoms with Crippen molar-refractivity contribution in [3.63, 3.8) is 0 Å². The molecule has 0 atom stereocenters. The molecule has 102 valence electrons. The zero-order chi connectivity index (χ0) is 14.1. The molecule has 0 aliphatic rings. The Morgan fingerprint density at radius 3 is 2.80 bits per heavy atom. The Morgan fingerprint density at radius 1 is 1.25 bits per heavy atom. The number of rotatable bonds is 3. The number of furan rings is 1. The maximum atomic E-state index is 5.93. The number of hydrogen-bond acceptors (Lipinski definition) is 5. The normalized spacial score (nSPS) is 10.8. The molecule has 5 heteroatoms. The van der Waals surface area contributed by atoms with Crippen molar-refractivity contribution < 1.29 is 9.15 Å². The van der Waals surface area contributed by atoms with Gasteiger partial charge in [-0.3, -0.25) is 0 Å². The van der Waals surface area contributed by atoms with Crippen LogP contribution in [0.15, 0.2) is 35.0 Å². The van der Waals surface area contributed by atoms with Gasteiger partial charge in [0.05, 0.1) is 7.11 Å². The SMILES string of the molecule is CNc1ncnc(-c2cc3cccc(C)c3o2)c1OC. The van der Waals surface area contributed by atoms with Gasteiger partial charge < -0.3 is 14.5 Å². The number of hydrogen-bond donors (Lipinski definition) is 1. The van der Waals surface area contributed by atoms with Crippen LogP contribution in [0.3, 0.4) is 0 Å². The summed E-state index contributed by atoms with van der Waals surface area (Å²) in [6, 6.07) is 8.01.